The summed E-state index contributed by atoms with van der Waals surface area (Å²) in [7, 11) is 0. The van der Waals surface area contributed by atoms with E-state index < -0.39 is 0 Å². The van der Waals surface area contributed by atoms with E-state index in [1.54, 1.807) is 0 Å². The standard InChI is InChI=1S/C16H25N3O/c1-12(2)11-19(9-5-8-17)14-6-7-15(18)16(10-14)20-13(3)4/h6-7,10,12-13H,5,9,11,18H2,1-4H3. The fourth-order valence-electron chi connectivity index (χ4n) is 2.03. The van der Waals surface area contributed by atoms with E-state index in [2.05, 4.69) is 24.8 Å². The van der Waals surface area contributed by atoms with Crippen molar-refractivity contribution in [1.82, 2.24) is 0 Å². The topological polar surface area (TPSA) is 62.3 Å². The number of anilines is 2. The van der Waals surface area contributed by atoms with Crippen LogP contribution in [0, 0.1) is 17.2 Å². The fraction of sp³-hybridized carbons (Fsp3) is 0.562. The second-order valence-electron chi connectivity index (χ2n) is 5.64. The smallest absolute Gasteiger partial charge is 0.144 e. The van der Waals surface area contributed by atoms with Gasteiger partial charge in [-0.05, 0) is 31.9 Å². The molecule has 0 aliphatic carbocycles. The minimum atomic E-state index is 0.0882. The van der Waals surface area contributed by atoms with Crippen molar-refractivity contribution in [3.8, 4) is 11.8 Å². The zero-order valence-electron chi connectivity index (χ0n) is 12.9. The molecule has 0 unspecified atom stereocenters. The van der Waals surface area contributed by atoms with Gasteiger partial charge in [0.15, 0.2) is 0 Å². The Bertz CT molecular complexity index is 463. The third-order valence-corrected chi connectivity index (χ3v) is 2.80. The van der Waals surface area contributed by atoms with Crippen molar-refractivity contribution in [1.29, 1.82) is 5.26 Å². The van der Waals surface area contributed by atoms with Gasteiger partial charge in [0.25, 0.3) is 0 Å². The third kappa shape index (κ3) is 5.00. The summed E-state index contributed by atoms with van der Waals surface area (Å²) in [5.41, 5.74) is 7.64. The predicted molar refractivity (Wildman–Crippen MR) is 83.9 cm³/mol. The van der Waals surface area contributed by atoms with Crippen LogP contribution in [0.4, 0.5) is 11.4 Å². The van der Waals surface area contributed by atoms with E-state index >= 15 is 0 Å². The maximum Gasteiger partial charge on any atom is 0.144 e. The van der Waals surface area contributed by atoms with Gasteiger partial charge in [0.1, 0.15) is 5.75 Å². The summed E-state index contributed by atoms with van der Waals surface area (Å²) in [4.78, 5) is 2.21. The van der Waals surface area contributed by atoms with Crippen LogP contribution in [0.5, 0.6) is 5.75 Å². The quantitative estimate of drug-likeness (QED) is 0.774. The van der Waals surface area contributed by atoms with Gasteiger partial charge in [-0.3, -0.25) is 0 Å². The minimum absolute atomic E-state index is 0.0882. The van der Waals surface area contributed by atoms with Crippen LogP contribution in [0.15, 0.2) is 18.2 Å². The summed E-state index contributed by atoms with van der Waals surface area (Å²) in [6, 6.07) is 8.03. The second kappa shape index (κ2) is 7.64. The lowest BCUT2D eigenvalue weighted by Crippen LogP contribution is -2.28. The molecule has 4 heteroatoms. The molecule has 0 bridgehead atoms. The van der Waals surface area contributed by atoms with Crippen LogP contribution < -0.4 is 15.4 Å². The molecule has 1 aromatic carbocycles. The molecular weight excluding hydrogens is 250 g/mol. The van der Waals surface area contributed by atoms with E-state index in [-0.39, 0.29) is 6.10 Å². The molecule has 0 heterocycles. The first-order valence-corrected chi connectivity index (χ1v) is 7.12. The highest BCUT2D eigenvalue weighted by Gasteiger charge is 2.11. The zero-order chi connectivity index (χ0) is 15.1. The van der Waals surface area contributed by atoms with E-state index in [0.29, 0.717) is 23.8 Å². The number of hydrogen-bond donors (Lipinski definition) is 1. The first-order chi connectivity index (χ1) is 9.43. The van der Waals surface area contributed by atoms with Gasteiger partial charge in [0.05, 0.1) is 24.3 Å². The summed E-state index contributed by atoms with van der Waals surface area (Å²) in [6.07, 6.45) is 0.600. The lowest BCUT2D eigenvalue weighted by molar-refractivity contribution is 0.244. The summed E-state index contributed by atoms with van der Waals surface area (Å²) >= 11 is 0. The average Bonchev–Trinajstić information content (AvgIpc) is 2.36. The molecule has 1 rings (SSSR count). The molecule has 0 amide bonds. The molecule has 2 N–H and O–H groups in total. The largest absolute Gasteiger partial charge is 0.489 e. The van der Waals surface area contributed by atoms with Gasteiger partial charge in [0, 0.05) is 24.8 Å². The van der Waals surface area contributed by atoms with Crippen LogP contribution in [0.3, 0.4) is 0 Å². The van der Waals surface area contributed by atoms with Crippen molar-refractivity contribution in [2.75, 3.05) is 23.7 Å². The zero-order valence-corrected chi connectivity index (χ0v) is 12.9. The number of nitriles is 1. The highest BCUT2D eigenvalue weighted by Crippen LogP contribution is 2.29. The Morgan fingerprint density at radius 3 is 2.55 bits per heavy atom. The molecule has 0 fully saturated rings. The molecule has 0 aliphatic heterocycles. The first-order valence-electron chi connectivity index (χ1n) is 7.12. The van der Waals surface area contributed by atoms with Crippen LogP contribution >= 0.6 is 0 Å². The Labute approximate surface area is 122 Å². The molecule has 0 saturated heterocycles. The van der Waals surface area contributed by atoms with E-state index in [1.165, 1.54) is 0 Å². The molecule has 0 spiro atoms. The SMILES string of the molecule is CC(C)CN(CCC#N)c1ccc(N)c(OC(C)C)c1. The monoisotopic (exact) mass is 275 g/mol. The Balaban J connectivity index is 2.97. The molecule has 0 saturated carbocycles. The summed E-state index contributed by atoms with van der Waals surface area (Å²) in [5.74, 6) is 1.24. The van der Waals surface area contributed by atoms with E-state index in [9.17, 15) is 0 Å². The highest BCUT2D eigenvalue weighted by atomic mass is 16.5. The Morgan fingerprint density at radius 1 is 1.30 bits per heavy atom. The maximum atomic E-state index is 8.79. The molecule has 0 atom stereocenters. The predicted octanol–water partition coefficient (Wildman–Crippen LogP) is 3.43. The van der Waals surface area contributed by atoms with Crippen molar-refractivity contribution >= 4 is 11.4 Å². The van der Waals surface area contributed by atoms with Crippen molar-refractivity contribution in [2.24, 2.45) is 5.92 Å². The van der Waals surface area contributed by atoms with Crippen LogP contribution in [0.2, 0.25) is 0 Å². The number of nitrogens with zero attached hydrogens (tertiary/aromatic N) is 2. The van der Waals surface area contributed by atoms with Gasteiger partial charge < -0.3 is 15.4 Å². The maximum absolute atomic E-state index is 8.79. The molecule has 4 nitrogen and oxygen atoms in total. The molecule has 1 aromatic rings. The van der Waals surface area contributed by atoms with Crippen molar-refractivity contribution in [2.45, 2.75) is 40.2 Å². The molecule has 110 valence electrons. The van der Waals surface area contributed by atoms with E-state index in [0.717, 1.165) is 18.8 Å². The first kappa shape index (κ1) is 16.2. The van der Waals surface area contributed by atoms with E-state index in [4.69, 9.17) is 15.7 Å². The minimum Gasteiger partial charge on any atom is -0.489 e. The Kier molecular flexibility index (Phi) is 6.17. The van der Waals surface area contributed by atoms with Gasteiger partial charge in [-0.25, -0.2) is 0 Å². The van der Waals surface area contributed by atoms with Crippen LogP contribution in [0.25, 0.3) is 0 Å². The highest BCUT2D eigenvalue weighted by molar-refractivity contribution is 5.62. The van der Waals surface area contributed by atoms with Crippen molar-refractivity contribution in [3.63, 3.8) is 0 Å². The van der Waals surface area contributed by atoms with Crippen molar-refractivity contribution in [3.05, 3.63) is 18.2 Å². The van der Waals surface area contributed by atoms with Gasteiger partial charge in [-0.2, -0.15) is 5.26 Å². The number of ether oxygens (including phenoxy) is 1. The second-order valence-corrected chi connectivity index (χ2v) is 5.64. The fourth-order valence-corrected chi connectivity index (χ4v) is 2.03. The van der Waals surface area contributed by atoms with Gasteiger partial charge in [-0.15, -0.1) is 0 Å². The van der Waals surface area contributed by atoms with Crippen LogP contribution in [0.1, 0.15) is 34.1 Å². The number of nitrogens with two attached hydrogens (primary N) is 1. The normalized spacial score (nSPS) is 10.7. The van der Waals surface area contributed by atoms with E-state index in [1.807, 2.05) is 32.0 Å². The number of benzene rings is 1. The lowest BCUT2D eigenvalue weighted by atomic mass is 10.1. The van der Waals surface area contributed by atoms with Gasteiger partial charge in [-0.1, -0.05) is 13.8 Å². The number of nitrogen functional groups attached to an aromatic ring is 1. The van der Waals surface area contributed by atoms with Gasteiger partial charge >= 0.3 is 0 Å². The summed E-state index contributed by atoms with van der Waals surface area (Å²) in [5, 5.41) is 8.79. The molecule has 0 aliphatic rings. The number of rotatable bonds is 7. The Hall–Kier alpha value is -1.89. The summed E-state index contributed by atoms with van der Waals surface area (Å²) in [6.45, 7) is 9.93. The van der Waals surface area contributed by atoms with Crippen LogP contribution in [-0.2, 0) is 0 Å². The molecule has 20 heavy (non-hydrogen) atoms. The molecular formula is C16H25N3O. The molecule has 0 radical (unpaired) electrons. The lowest BCUT2D eigenvalue weighted by Gasteiger charge is -2.26. The third-order valence-electron chi connectivity index (χ3n) is 2.80. The number of hydrogen-bond acceptors (Lipinski definition) is 4. The average molecular weight is 275 g/mol. The van der Waals surface area contributed by atoms with Crippen LogP contribution in [-0.4, -0.2) is 19.2 Å². The Morgan fingerprint density at radius 2 is 2.00 bits per heavy atom. The molecule has 0 aromatic heterocycles. The van der Waals surface area contributed by atoms with Crippen molar-refractivity contribution < 1.29 is 4.74 Å². The van der Waals surface area contributed by atoms with Gasteiger partial charge in [0.2, 0.25) is 0 Å². The summed E-state index contributed by atoms with van der Waals surface area (Å²) < 4.78 is 5.73.